The number of unbranched alkanes of at least 4 members (excludes halogenated alkanes) is 7. The minimum atomic E-state index is -0.794. The van der Waals surface area contributed by atoms with E-state index in [9.17, 15) is 4.79 Å². The summed E-state index contributed by atoms with van der Waals surface area (Å²) in [6.07, 6.45) is 16.7. The van der Waals surface area contributed by atoms with Crippen LogP contribution in [0.2, 0.25) is 0 Å². The van der Waals surface area contributed by atoms with Gasteiger partial charge in [-0.3, -0.25) is 4.79 Å². The van der Waals surface area contributed by atoms with E-state index < -0.39 is 5.79 Å². The highest BCUT2D eigenvalue weighted by atomic mass is 16.7. The molecule has 3 heteroatoms. The van der Waals surface area contributed by atoms with Gasteiger partial charge in [0.05, 0.1) is 6.61 Å². The Bertz CT molecular complexity index is 308. The fraction of sp³-hybridized carbons (Fsp3) is 0.850. The number of hydrogen-bond donors (Lipinski definition) is 0. The van der Waals surface area contributed by atoms with E-state index in [2.05, 4.69) is 19.1 Å². The topological polar surface area (TPSA) is 35.5 Å². The third-order valence-corrected chi connectivity index (χ3v) is 3.66. The number of allylic oxidation sites excluding steroid dienone is 2. The molecular weight excluding hydrogens is 288 g/mol. The first-order chi connectivity index (χ1) is 11.0. The minimum Gasteiger partial charge on any atom is -0.434 e. The van der Waals surface area contributed by atoms with Crippen LogP contribution in [0, 0.1) is 0 Å². The van der Waals surface area contributed by atoms with Crippen LogP contribution in [0.3, 0.4) is 0 Å². The van der Waals surface area contributed by atoms with Crippen LogP contribution in [0.5, 0.6) is 0 Å². The summed E-state index contributed by atoms with van der Waals surface area (Å²) in [5, 5.41) is 0. The Morgan fingerprint density at radius 1 is 0.870 bits per heavy atom. The molecule has 0 aliphatic carbocycles. The minimum absolute atomic E-state index is 0.148. The van der Waals surface area contributed by atoms with Gasteiger partial charge in [-0.25, -0.2) is 0 Å². The van der Waals surface area contributed by atoms with Gasteiger partial charge in [-0.1, -0.05) is 58.1 Å². The molecule has 0 aromatic carbocycles. The lowest BCUT2D eigenvalue weighted by Crippen LogP contribution is -2.31. The zero-order chi connectivity index (χ0) is 17.4. The molecule has 0 saturated heterocycles. The third kappa shape index (κ3) is 15.8. The fourth-order valence-electron chi connectivity index (χ4n) is 2.32. The SMILES string of the molecule is CCCC/C=C\CCCCCCCC(=O)OC(C)(C)OCCC. The molecule has 136 valence electrons. The Hall–Kier alpha value is -0.830. The van der Waals surface area contributed by atoms with Crippen LogP contribution in [0.4, 0.5) is 0 Å². The first-order valence-electron chi connectivity index (χ1n) is 9.52. The maximum atomic E-state index is 11.8. The molecule has 0 rings (SSSR count). The van der Waals surface area contributed by atoms with Crippen LogP contribution in [0.15, 0.2) is 12.2 Å². The van der Waals surface area contributed by atoms with Crippen LogP contribution in [0.25, 0.3) is 0 Å². The van der Waals surface area contributed by atoms with E-state index in [1.807, 2.05) is 6.92 Å². The van der Waals surface area contributed by atoms with Gasteiger partial charge in [0.15, 0.2) is 0 Å². The van der Waals surface area contributed by atoms with Gasteiger partial charge in [-0.2, -0.15) is 0 Å². The largest absolute Gasteiger partial charge is 0.434 e. The molecule has 0 spiro atoms. The third-order valence-electron chi connectivity index (χ3n) is 3.66. The van der Waals surface area contributed by atoms with Crippen LogP contribution >= 0.6 is 0 Å². The van der Waals surface area contributed by atoms with Gasteiger partial charge in [0, 0.05) is 20.3 Å². The van der Waals surface area contributed by atoms with E-state index in [0.29, 0.717) is 13.0 Å². The molecule has 0 bridgehead atoms. The summed E-state index contributed by atoms with van der Waals surface area (Å²) in [6, 6.07) is 0. The van der Waals surface area contributed by atoms with Crippen molar-refractivity contribution in [2.45, 2.75) is 104 Å². The summed E-state index contributed by atoms with van der Waals surface area (Å²) in [6.45, 7) is 8.48. The molecule has 3 nitrogen and oxygen atoms in total. The quantitative estimate of drug-likeness (QED) is 0.156. The average molecular weight is 327 g/mol. The van der Waals surface area contributed by atoms with Crippen molar-refractivity contribution >= 4 is 5.97 Å². The molecule has 23 heavy (non-hydrogen) atoms. The second-order valence-electron chi connectivity index (χ2n) is 6.64. The van der Waals surface area contributed by atoms with E-state index in [-0.39, 0.29) is 5.97 Å². The Morgan fingerprint density at radius 3 is 2.13 bits per heavy atom. The standard InChI is InChI=1S/C20H38O3/c1-5-7-8-9-10-11-12-13-14-15-16-17-19(21)23-20(3,4)22-18-6-2/h9-10H,5-8,11-18H2,1-4H3/b10-9-. The van der Waals surface area contributed by atoms with E-state index in [1.54, 1.807) is 13.8 Å². The molecule has 0 aromatic rings. The summed E-state index contributed by atoms with van der Waals surface area (Å²) in [5.74, 6) is -0.943. The molecule has 0 saturated carbocycles. The van der Waals surface area contributed by atoms with Crippen molar-refractivity contribution in [3.63, 3.8) is 0 Å². The van der Waals surface area contributed by atoms with E-state index in [4.69, 9.17) is 9.47 Å². The molecule has 0 heterocycles. The number of hydrogen-bond acceptors (Lipinski definition) is 3. The van der Waals surface area contributed by atoms with Crippen LogP contribution in [0.1, 0.15) is 98.3 Å². The van der Waals surface area contributed by atoms with Crippen molar-refractivity contribution in [3.05, 3.63) is 12.2 Å². The second kappa shape index (κ2) is 14.7. The summed E-state index contributed by atoms with van der Waals surface area (Å²) in [7, 11) is 0. The van der Waals surface area contributed by atoms with Gasteiger partial charge in [0.1, 0.15) is 0 Å². The van der Waals surface area contributed by atoms with Crippen molar-refractivity contribution in [2.24, 2.45) is 0 Å². The highest BCUT2D eigenvalue weighted by molar-refractivity contribution is 5.69. The zero-order valence-corrected chi connectivity index (χ0v) is 15.9. The normalized spacial score (nSPS) is 12.0. The zero-order valence-electron chi connectivity index (χ0n) is 15.9. The van der Waals surface area contributed by atoms with Gasteiger partial charge < -0.3 is 9.47 Å². The molecule has 0 radical (unpaired) electrons. The average Bonchev–Trinajstić information content (AvgIpc) is 2.50. The lowest BCUT2D eigenvalue weighted by atomic mass is 10.1. The predicted octanol–water partition coefficient (Wildman–Crippen LogP) is 6.17. The van der Waals surface area contributed by atoms with Crippen molar-refractivity contribution in [2.75, 3.05) is 6.61 Å². The van der Waals surface area contributed by atoms with Gasteiger partial charge in [-0.05, 0) is 32.1 Å². The van der Waals surface area contributed by atoms with Crippen molar-refractivity contribution in [3.8, 4) is 0 Å². The monoisotopic (exact) mass is 326 g/mol. The van der Waals surface area contributed by atoms with Crippen LogP contribution in [-0.4, -0.2) is 18.4 Å². The lowest BCUT2D eigenvalue weighted by Gasteiger charge is -2.25. The maximum Gasteiger partial charge on any atom is 0.308 e. The van der Waals surface area contributed by atoms with Gasteiger partial charge in [0.2, 0.25) is 5.79 Å². The fourth-order valence-corrected chi connectivity index (χ4v) is 2.32. The van der Waals surface area contributed by atoms with E-state index >= 15 is 0 Å². The van der Waals surface area contributed by atoms with E-state index in [0.717, 1.165) is 19.3 Å². The Balaban J connectivity index is 3.47. The number of esters is 1. The molecule has 0 aliphatic heterocycles. The summed E-state index contributed by atoms with van der Waals surface area (Å²) in [5.41, 5.74) is 0. The Labute approximate surface area is 143 Å². The molecule has 0 fully saturated rings. The van der Waals surface area contributed by atoms with Crippen LogP contribution < -0.4 is 0 Å². The second-order valence-corrected chi connectivity index (χ2v) is 6.64. The molecule has 0 amide bonds. The number of ether oxygens (including phenoxy) is 2. The van der Waals surface area contributed by atoms with Crippen molar-refractivity contribution in [1.82, 2.24) is 0 Å². The first kappa shape index (κ1) is 22.2. The maximum absolute atomic E-state index is 11.8. The highest BCUT2D eigenvalue weighted by Crippen LogP contribution is 2.15. The van der Waals surface area contributed by atoms with Gasteiger partial charge in [0.25, 0.3) is 0 Å². The summed E-state index contributed by atoms with van der Waals surface area (Å²) < 4.78 is 10.9. The molecule has 0 N–H and O–H groups in total. The lowest BCUT2D eigenvalue weighted by molar-refractivity contribution is -0.215. The molecule has 0 unspecified atom stereocenters. The summed E-state index contributed by atoms with van der Waals surface area (Å²) >= 11 is 0. The molecule has 0 aliphatic rings. The highest BCUT2D eigenvalue weighted by Gasteiger charge is 2.22. The predicted molar refractivity (Wildman–Crippen MR) is 97.4 cm³/mol. The van der Waals surface area contributed by atoms with Gasteiger partial charge >= 0.3 is 5.97 Å². The number of rotatable bonds is 15. The van der Waals surface area contributed by atoms with Crippen molar-refractivity contribution in [1.29, 1.82) is 0 Å². The van der Waals surface area contributed by atoms with Crippen molar-refractivity contribution < 1.29 is 14.3 Å². The first-order valence-corrected chi connectivity index (χ1v) is 9.52. The summed E-state index contributed by atoms with van der Waals surface area (Å²) in [4.78, 5) is 11.8. The molecule has 0 atom stereocenters. The molecular formula is C20H38O3. The van der Waals surface area contributed by atoms with E-state index in [1.165, 1.54) is 44.9 Å². The Morgan fingerprint density at radius 2 is 1.48 bits per heavy atom. The van der Waals surface area contributed by atoms with Gasteiger partial charge in [-0.15, -0.1) is 0 Å². The number of carbonyl (C=O) groups is 1. The van der Waals surface area contributed by atoms with Crippen LogP contribution in [-0.2, 0) is 14.3 Å². The smallest absolute Gasteiger partial charge is 0.308 e. The molecule has 0 aromatic heterocycles. The Kier molecular flexibility index (Phi) is 14.2. The number of carbonyl (C=O) groups excluding carboxylic acids is 1.